The zero-order valence-corrected chi connectivity index (χ0v) is 9.98. The fourth-order valence-corrected chi connectivity index (χ4v) is 1.30. The van der Waals surface area contributed by atoms with Crippen molar-refractivity contribution in [3.63, 3.8) is 0 Å². The Morgan fingerprint density at radius 3 is 2.75 bits per heavy atom. The Hall–Kier alpha value is -1.65. The number of rotatable bonds is 3. The minimum atomic E-state index is -0.640. The third-order valence-electron chi connectivity index (χ3n) is 2.52. The molecular weight excluding hydrogens is 208 g/mol. The molecule has 0 amide bonds. The predicted octanol–water partition coefficient (Wildman–Crippen LogP) is 0.984. The number of aryl methyl sites for hydroxylation is 1. The van der Waals surface area contributed by atoms with Crippen LogP contribution in [0.2, 0.25) is 0 Å². The number of carbonyl (C=O) groups excluding carboxylic acids is 1. The molecule has 1 heterocycles. The van der Waals surface area contributed by atoms with Gasteiger partial charge >= 0.3 is 5.97 Å². The first kappa shape index (κ1) is 12.4. The van der Waals surface area contributed by atoms with E-state index in [2.05, 4.69) is 4.98 Å². The highest BCUT2D eigenvalue weighted by Gasteiger charge is 2.18. The van der Waals surface area contributed by atoms with E-state index >= 15 is 0 Å². The lowest BCUT2D eigenvalue weighted by Crippen LogP contribution is -2.31. The summed E-state index contributed by atoms with van der Waals surface area (Å²) < 4.78 is 6.15. The largest absolute Gasteiger partial charge is 0.464 e. The molecule has 0 spiro atoms. The molecule has 1 aromatic rings. The van der Waals surface area contributed by atoms with E-state index in [-0.39, 0.29) is 5.56 Å². The molecule has 0 saturated heterocycles. The van der Waals surface area contributed by atoms with Gasteiger partial charge in [0, 0.05) is 11.3 Å². The van der Waals surface area contributed by atoms with E-state index in [4.69, 9.17) is 4.74 Å². The van der Waals surface area contributed by atoms with Gasteiger partial charge in [0.25, 0.3) is 5.56 Å². The van der Waals surface area contributed by atoms with Crippen LogP contribution in [0.4, 0.5) is 0 Å². The van der Waals surface area contributed by atoms with Gasteiger partial charge in [-0.1, -0.05) is 0 Å². The molecule has 88 valence electrons. The molecule has 0 saturated carbocycles. The molecule has 0 aliphatic carbocycles. The van der Waals surface area contributed by atoms with Gasteiger partial charge in [0.1, 0.15) is 6.04 Å². The molecule has 1 atom stereocenters. The predicted molar refractivity (Wildman–Crippen MR) is 59.3 cm³/mol. The zero-order valence-electron chi connectivity index (χ0n) is 9.98. The van der Waals surface area contributed by atoms with Gasteiger partial charge in [0.05, 0.1) is 12.9 Å². The Balaban J connectivity index is 3.10. The van der Waals surface area contributed by atoms with Crippen LogP contribution in [0.25, 0.3) is 0 Å². The average Bonchev–Trinajstić information content (AvgIpc) is 2.26. The lowest BCUT2D eigenvalue weighted by Gasteiger charge is -2.14. The number of carbonyl (C=O) groups is 1. The molecule has 5 heteroatoms. The van der Waals surface area contributed by atoms with Gasteiger partial charge in [-0.05, 0) is 27.7 Å². The van der Waals surface area contributed by atoms with Crippen LogP contribution in [0, 0.1) is 13.8 Å². The van der Waals surface area contributed by atoms with Crippen molar-refractivity contribution in [1.82, 2.24) is 9.55 Å². The normalized spacial score (nSPS) is 12.2. The third-order valence-corrected chi connectivity index (χ3v) is 2.52. The highest BCUT2D eigenvalue weighted by Crippen LogP contribution is 2.05. The Morgan fingerprint density at radius 1 is 1.56 bits per heavy atom. The van der Waals surface area contributed by atoms with Crippen molar-refractivity contribution < 1.29 is 9.53 Å². The summed E-state index contributed by atoms with van der Waals surface area (Å²) in [6.45, 7) is 7.10. The van der Waals surface area contributed by atoms with Crippen LogP contribution < -0.4 is 5.56 Å². The summed E-state index contributed by atoms with van der Waals surface area (Å²) >= 11 is 0. The molecule has 0 bridgehead atoms. The summed E-state index contributed by atoms with van der Waals surface area (Å²) in [6.07, 6.45) is 1.38. The van der Waals surface area contributed by atoms with Crippen molar-refractivity contribution in [3.8, 4) is 0 Å². The molecule has 0 aliphatic rings. The van der Waals surface area contributed by atoms with Crippen LogP contribution in [0.1, 0.15) is 31.1 Å². The summed E-state index contributed by atoms with van der Waals surface area (Å²) in [6, 6.07) is -0.640. The summed E-state index contributed by atoms with van der Waals surface area (Å²) in [7, 11) is 0. The summed E-state index contributed by atoms with van der Waals surface area (Å²) in [5.74, 6) is -0.422. The van der Waals surface area contributed by atoms with Crippen LogP contribution in [0.5, 0.6) is 0 Å². The summed E-state index contributed by atoms with van der Waals surface area (Å²) in [5.41, 5.74) is 1.03. The van der Waals surface area contributed by atoms with E-state index in [1.807, 2.05) is 0 Å². The lowest BCUT2D eigenvalue weighted by molar-refractivity contribution is -0.146. The maximum absolute atomic E-state index is 11.9. The first-order chi connectivity index (χ1) is 7.49. The molecule has 0 aromatic carbocycles. The maximum Gasteiger partial charge on any atom is 0.328 e. The van der Waals surface area contributed by atoms with Gasteiger partial charge < -0.3 is 4.74 Å². The van der Waals surface area contributed by atoms with Gasteiger partial charge in [-0.25, -0.2) is 9.78 Å². The SMILES string of the molecule is CCOC(=O)C(C)n1cnc(C)c(C)c1=O. The Labute approximate surface area is 94.1 Å². The Bertz CT molecular complexity index is 451. The van der Waals surface area contributed by atoms with Crippen LogP contribution in [0.3, 0.4) is 0 Å². The number of nitrogens with zero attached hydrogens (tertiary/aromatic N) is 2. The van der Waals surface area contributed by atoms with E-state index < -0.39 is 12.0 Å². The highest BCUT2D eigenvalue weighted by atomic mass is 16.5. The molecule has 1 aromatic heterocycles. The first-order valence-electron chi connectivity index (χ1n) is 5.20. The van der Waals surface area contributed by atoms with Gasteiger partial charge in [-0.3, -0.25) is 9.36 Å². The van der Waals surface area contributed by atoms with Crippen LogP contribution >= 0.6 is 0 Å². The van der Waals surface area contributed by atoms with Crippen molar-refractivity contribution >= 4 is 5.97 Å². The smallest absolute Gasteiger partial charge is 0.328 e. The van der Waals surface area contributed by atoms with Crippen molar-refractivity contribution in [2.24, 2.45) is 0 Å². The maximum atomic E-state index is 11.9. The lowest BCUT2D eigenvalue weighted by atomic mass is 10.2. The second-order valence-corrected chi connectivity index (χ2v) is 3.60. The Morgan fingerprint density at radius 2 is 2.19 bits per heavy atom. The van der Waals surface area contributed by atoms with Gasteiger partial charge in [0.15, 0.2) is 0 Å². The summed E-state index contributed by atoms with van der Waals surface area (Å²) in [5, 5.41) is 0. The number of esters is 1. The molecule has 5 nitrogen and oxygen atoms in total. The molecule has 1 rings (SSSR count). The fraction of sp³-hybridized carbons (Fsp3) is 0.545. The zero-order chi connectivity index (χ0) is 12.3. The van der Waals surface area contributed by atoms with Crippen molar-refractivity contribution in [1.29, 1.82) is 0 Å². The minimum absolute atomic E-state index is 0.201. The standard InChI is InChI=1S/C11H16N2O3/c1-5-16-11(15)9(4)13-6-12-8(3)7(2)10(13)14/h6,9H,5H2,1-4H3. The van der Waals surface area contributed by atoms with E-state index in [0.29, 0.717) is 17.9 Å². The monoisotopic (exact) mass is 224 g/mol. The number of ether oxygens (including phenoxy) is 1. The van der Waals surface area contributed by atoms with E-state index in [9.17, 15) is 9.59 Å². The van der Waals surface area contributed by atoms with E-state index in [1.165, 1.54) is 10.9 Å². The number of aromatic nitrogens is 2. The molecule has 0 aliphatic heterocycles. The van der Waals surface area contributed by atoms with Crippen molar-refractivity contribution in [3.05, 3.63) is 27.9 Å². The van der Waals surface area contributed by atoms with Gasteiger partial charge in [-0.2, -0.15) is 0 Å². The molecule has 0 fully saturated rings. The molecular formula is C11H16N2O3. The number of hydrogen-bond donors (Lipinski definition) is 0. The van der Waals surface area contributed by atoms with Crippen LogP contribution in [0.15, 0.2) is 11.1 Å². The molecule has 0 N–H and O–H groups in total. The van der Waals surface area contributed by atoms with Crippen LogP contribution in [-0.4, -0.2) is 22.1 Å². The van der Waals surface area contributed by atoms with E-state index in [0.717, 1.165) is 0 Å². The second-order valence-electron chi connectivity index (χ2n) is 3.60. The molecule has 16 heavy (non-hydrogen) atoms. The highest BCUT2D eigenvalue weighted by molar-refractivity contribution is 5.73. The van der Waals surface area contributed by atoms with E-state index in [1.54, 1.807) is 27.7 Å². The second kappa shape index (κ2) is 4.92. The molecule has 0 radical (unpaired) electrons. The quantitative estimate of drug-likeness (QED) is 0.718. The third kappa shape index (κ3) is 2.29. The van der Waals surface area contributed by atoms with Gasteiger partial charge in [-0.15, -0.1) is 0 Å². The Kier molecular flexibility index (Phi) is 3.82. The van der Waals surface area contributed by atoms with Gasteiger partial charge in [0.2, 0.25) is 0 Å². The fourth-order valence-electron chi connectivity index (χ4n) is 1.30. The average molecular weight is 224 g/mol. The topological polar surface area (TPSA) is 61.2 Å². The summed E-state index contributed by atoms with van der Waals surface area (Å²) in [4.78, 5) is 27.4. The number of hydrogen-bond acceptors (Lipinski definition) is 4. The van der Waals surface area contributed by atoms with Crippen LogP contribution in [-0.2, 0) is 9.53 Å². The minimum Gasteiger partial charge on any atom is -0.464 e. The van der Waals surface area contributed by atoms with Crippen molar-refractivity contribution in [2.75, 3.05) is 6.61 Å². The van der Waals surface area contributed by atoms with Crippen molar-refractivity contribution in [2.45, 2.75) is 33.7 Å². The molecule has 1 unspecified atom stereocenters. The first-order valence-corrected chi connectivity index (χ1v) is 5.20.